The van der Waals surface area contributed by atoms with Crippen molar-refractivity contribution >= 4 is 5.96 Å². The molecule has 6 heteroatoms. The molecule has 2 saturated heterocycles. The topological polar surface area (TPSA) is 52.1 Å². The second-order valence-corrected chi connectivity index (χ2v) is 7.74. The van der Waals surface area contributed by atoms with Crippen LogP contribution in [-0.4, -0.2) is 86.4 Å². The maximum absolute atomic E-state index is 5.54. The molecule has 2 aliphatic rings. The average Bonchev–Trinajstić information content (AvgIpc) is 2.92. The zero-order chi connectivity index (χ0) is 17.7. The highest BCUT2D eigenvalue weighted by Gasteiger charge is 2.31. The van der Waals surface area contributed by atoms with Gasteiger partial charge < -0.3 is 15.4 Å². The summed E-state index contributed by atoms with van der Waals surface area (Å²) in [6.07, 6.45) is 0. The number of rotatable bonds is 5. The highest BCUT2D eigenvalue weighted by Crippen LogP contribution is 2.18. The summed E-state index contributed by atoms with van der Waals surface area (Å²) in [4.78, 5) is 9.48. The molecule has 0 spiro atoms. The summed E-state index contributed by atoms with van der Waals surface area (Å²) >= 11 is 0. The molecule has 0 aliphatic carbocycles. The molecule has 140 valence electrons. The van der Waals surface area contributed by atoms with Crippen LogP contribution in [0.4, 0.5) is 0 Å². The largest absolute Gasteiger partial charge is 0.379 e. The van der Waals surface area contributed by atoms with E-state index in [4.69, 9.17) is 4.74 Å². The van der Waals surface area contributed by atoms with Gasteiger partial charge in [-0.05, 0) is 33.6 Å². The fraction of sp³-hybridized carbons (Fsp3) is 0.944. The monoisotopic (exact) mass is 339 g/mol. The summed E-state index contributed by atoms with van der Waals surface area (Å²) in [6.45, 7) is 17.2. The molecular weight excluding hydrogens is 302 g/mol. The number of aliphatic imine (C=N–C) groups is 1. The predicted molar refractivity (Wildman–Crippen MR) is 101 cm³/mol. The number of ether oxygens (including phenoxy) is 1. The Balaban J connectivity index is 1.80. The summed E-state index contributed by atoms with van der Waals surface area (Å²) in [6, 6.07) is 2.03. The lowest BCUT2D eigenvalue weighted by Crippen LogP contribution is -2.54. The molecular formula is C18H37N5O. The highest BCUT2D eigenvalue weighted by atomic mass is 16.5. The molecule has 0 bridgehead atoms. The van der Waals surface area contributed by atoms with E-state index in [1.54, 1.807) is 0 Å². The summed E-state index contributed by atoms with van der Waals surface area (Å²) < 4.78 is 5.54. The zero-order valence-corrected chi connectivity index (χ0v) is 16.4. The van der Waals surface area contributed by atoms with Gasteiger partial charge in [-0.1, -0.05) is 6.92 Å². The molecule has 4 unspecified atom stereocenters. The molecule has 2 fully saturated rings. The van der Waals surface area contributed by atoms with E-state index < -0.39 is 0 Å². The first kappa shape index (κ1) is 19.5. The third-order valence-electron chi connectivity index (χ3n) is 5.47. The quantitative estimate of drug-likeness (QED) is 0.578. The van der Waals surface area contributed by atoms with Gasteiger partial charge in [0.1, 0.15) is 0 Å². The van der Waals surface area contributed by atoms with E-state index in [1.807, 2.05) is 7.05 Å². The van der Waals surface area contributed by atoms with Crippen LogP contribution in [-0.2, 0) is 4.74 Å². The molecule has 2 N–H and O–H groups in total. The fourth-order valence-electron chi connectivity index (χ4n) is 3.74. The Bertz CT molecular complexity index is 414. The molecule has 0 radical (unpaired) electrons. The predicted octanol–water partition coefficient (Wildman–Crippen LogP) is 0.989. The van der Waals surface area contributed by atoms with Crippen molar-refractivity contribution in [3.8, 4) is 0 Å². The lowest BCUT2D eigenvalue weighted by Gasteiger charge is -2.38. The molecule has 0 aromatic carbocycles. The van der Waals surface area contributed by atoms with Gasteiger partial charge in [-0.25, -0.2) is 0 Å². The second-order valence-electron chi connectivity index (χ2n) is 7.74. The van der Waals surface area contributed by atoms with Crippen molar-refractivity contribution in [3.05, 3.63) is 0 Å². The number of nitrogens with one attached hydrogen (secondary N) is 2. The van der Waals surface area contributed by atoms with Crippen LogP contribution in [0.15, 0.2) is 4.99 Å². The average molecular weight is 340 g/mol. The van der Waals surface area contributed by atoms with Crippen molar-refractivity contribution in [2.45, 2.75) is 58.8 Å². The van der Waals surface area contributed by atoms with Crippen molar-refractivity contribution in [3.63, 3.8) is 0 Å². The molecule has 0 aromatic heterocycles. The summed E-state index contributed by atoms with van der Waals surface area (Å²) in [5.41, 5.74) is 0. The molecule has 6 nitrogen and oxygen atoms in total. The number of likely N-dealkylation sites (tertiary alicyclic amines) is 1. The van der Waals surface area contributed by atoms with Gasteiger partial charge >= 0.3 is 0 Å². The number of hydrogen-bond donors (Lipinski definition) is 2. The molecule has 24 heavy (non-hydrogen) atoms. The van der Waals surface area contributed by atoms with Gasteiger partial charge in [0.15, 0.2) is 5.96 Å². The van der Waals surface area contributed by atoms with Crippen molar-refractivity contribution in [1.82, 2.24) is 20.4 Å². The first-order chi connectivity index (χ1) is 11.4. The number of nitrogens with zero attached hydrogens (tertiary/aromatic N) is 3. The van der Waals surface area contributed by atoms with E-state index in [2.05, 4.69) is 60.0 Å². The maximum atomic E-state index is 5.54. The minimum absolute atomic E-state index is 0.468. The van der Waals surface area contributed by atoms with Crippen LogP contribution in [0.1, 0.15) is 34.6 Å². The molecule has 4 atom stereocenters. The molecule has 2 heterocycles. The molecule has 2 aliphatic heterocycles. The van der Waals surface area contributed by atoms with Gasteiger partial charge in [0.05, 0.1) is 13.2 Å². The van der Waals surface area contributed by atoms with Crippen molar-refractivity contribution in [2.75, 3.05) is 46.4 Å². The van der Waals surface area contributed by atoms with Crippen molar-refractivity contribution in [2.24, 2.45) is 10.9 Å². The van der Waals surface area contributed by atoms with Gasteiger partial charge in [0, 0.05) is 57.4 Å². The summed E-state index contributed by atoms with van der Waals surface area (Å²) in [5, 5.41) is 7.14. The van der Waals surface area contributed by atoms with Crippen LogP contribution in [0.25, 0.3) is 0 Å². The first-order valence-corrected chi connectivity index (χ1v) is 9.47. The summed E-state index contributed by atoms with van der Waals surface area (Å²) in [7, 11) is 1.86. The van der Waals surface area contributed by atoms with Gasteiger partial charge in [0.25, 0.3) is 0 Å². The van der Waals surface area contributed by atoms with Crippen LogP contribution in [0.3, 0.4) is 0 Å². The Kier molecular flexibility index (Phi) is 7.32. The Morgan fingerprint density at radius 2 is 2.00 bits per heavy atom. The maximum Gasteiger partial charge on any atom is 0.191 e. The van der Waals surface area contributed by atoms with E-state index in [0.717, 1.165) is 45.4 Å². The first-order valence-electron chi connectivity index (χ1n) is 9.47. The fourth-order valence-corrected chi connectivity index (χ4v) is 3.74. The Labute approximate surface area is 148 Å². The number of guanidine groups is 1. The van der Waals surface area contributed by atoms with Gasteiger partial charge in [-0.3, -0.25) is 14.8 Å². The van der Waals surface area contributed by atoms with Gasteiger partial charge in [-0.15, -0.1) is 0 Å². The lowest BCUT2D eigenvalue weighted by atomic mass is 10.1. The van der Waals surface area contributed by atoms with Crippen molar-refractivity contribution < 1.29 is 4.74 Å². The van der Waals surface area contributed by atoms with Crippen molar-refractivity contribution in [1.29, 1.82) is 0 Å². The third-order valence-corrected chi connectivity index (χ3v) is 5.47. The van der Waals surface area contributed by atoms with Crippen LogP contribution >= 0.6 is 0 Å². The lowest BCUT2D eigenvalue weighted by molar-refractivity contribution is -0.0174. The van der Waals surface area contributed by atoms with E-state index in [9.17, 15) is 0 Å². The van der Waals surface area contributed by atoms with Gasteiger partial charge in [0.2, 0.25) is 0 Å². The standard InChI is InChI=1S/C18H37N5O/c1-13(2)22-10-14(3)17(11-22)21-18(19-6)20-9-15(4)23-7-8-24-12-16(23)5/h13-17H,7-12H2,1-6H3,(H2,19,20,21). The minimum Gasteiger partial charge on any atom is -0.379 e. The Morgan fingerprint density at radius 1 is 1.25 bits per heavy atom. The highest BCUT2D eigenvalue weighted by molar-refractivity contribution is 5.80. The normalized spacial score (nSPS) is 31.5. The van der Waals surface area contributed by atoms with Crippen LogP contribution in [0.5, 0.6) is 0 Å². The van der Waals surface area contributed by atoms with Gasteiger partial charge in [-0.2, -0.15) is 0 Å². The third kappa shape index (κ3) is 5.07. The number of hydrogen-bond acceptors (Lipinski definition) is 4. The van der Waals surface area contributed by atoms with Crippen LogP contribution < -0.4 is 10.6 Å². The zero-order valence-electron chi connectivity index (χ0n) is 16.4. The van der Waals surface area contributed by atoms with E-state index in [1.165, 1.54) is 0 Å². The molecule has 0 saturated carbocycles. The Hall–Kier alpha value is -0.850. The molecule has 0 amide bonds. The van der Waals surface area contributed by atoms with Crippen LogP contribution in [0, 0.1) is 5.92 Å². The minimum atomic E-state index is 0.468. The summed E-state index contributed by atoms with van der Waals surface area (Å²) in [5.74, 6) is 1.56. The molecule has 2 rings (SSSR count). The number of morpholine rings is 1. The van der Waals surface area contributed by atoms with E-state index in [-0.39, 0.29) is 0 Å². The Morgan fingerprint density at radius 3 is 2.58 bits per heavy atom. The second kappa shape index (κ2) is 9.02. The van der Waals surface area contributed by atoms with E-state index >= 15 is 0 Å². The van der Waals surface area contributed by atoms with Crippen LogP contribution in [0.2, 0.25) is 0 Å². The van der Waals surface area contributed by atoms with E-state index in [0.29, 0.717) is 30.1 Å². The smallest absolute Gasteiger partial charge is 0.191 e. The SMILES string of the molecule is CN=C(NCC(C)N1CCOCC1C)NC1CN(C(C)C)CC1C. The molecule has 0 aromatic rings.